The second kappa shape index (κ2) is 33.8. The second-order valence-electron chi connectivity index (χ2n) is 13.3. The zero-order chi connectivity index (χ0) is 31.6. The number of unbranched alkanes of at least 4 members (excludes halogenated alkanes) is 27. The Morgan fingerprint density at radius 2 is 0.721 bits per heavy atom. The molecule has 0 saturated carbocycles. The summed E-state index contributed by atoms with van der Waals surface area (Å²) in [5, 5.41) is 18.8. The fourth-order valence-corrected chi connectivity index (χ4v) is 6.06. The number of esters is 1. The van der Waals surface area contributed by atoms with Gasteiger partial charge < -0.3 is 14.9 Å². The van der Waals surface area contributed by atoms with Crippen LogP contribution in [-0.4, -0.2) is 34.4 Å². The fraction of sp³-hybridized carbons (Fsp3) is 0.947. The number of carbonyl (C=O) groups excluding carboxylic acids is 1. The van der Waals surface area contributed by atoms with Crippen LogP contribution < -0.4 is 0 Å². The van der Waals surface area contributed by atoms with Gasteiger partial charge in [-0.05, 0) is 25.7 Å². The molecule has 0 fully saturated rings. The van der Waals surface area contributed by atoms with E-state index in [1.165, 1.54) is 161 Å². The Hall–Kier alpha value is -1.10. The fourth-order valence-electron chi connectivity index (χ4n) is 6.06. The van der Waals surface area contributed by atoms with Crippen LogP contribution >= 0.6 is 0 Å². The normalized spacial score (nSPS) is 12.8. The molecule has 0 rings (SSSR count). The van der Waals surface area contributed by atoms with Gasteiger partial charge in [-0.1, -0.05) is 187 Å². The number of rotatable bonds is 35. The molecule has 43 heavy (non-hydrogen) atoms. The van der Waals surface area contributed by atoms with Gasteiger partial charge in [0, 0.05) is 0 Å². The van der Waals surface area contributed by atoms with Crippen molar-refractivity contribution in [1.29, 1.82) is 0 Å². The minimum atomic E-state index is -1.57. The van der Waals surface area contributed by atoms with Gasteiger partial charge in [-0.2, -0.15) is 0 Å². The van der Waals surface area contributed by atoms with Gasteiger partial charge in [0.2, 0.25) is 0 Å². The lowest BCUT2D eigenvalue weighted by Crippen LogP contribution is -2.30. The zero-order valence-corrected chi connectivity index (χ0v) is 28.9. The van der Waals surface area contributed by atoms with Gasteiger partial charge in [0.25, 0.3) is 0 Å². The van der Waals surface area contributed by atoms with Gasteiger partial charge in [-0.15, -0.1) is 0 Å². The quantitative estimate of drug-likeness (QED) is 0.0551. The molecular weight excluding hydrogens is 536 g/mol. The molecule has 0 aromatic carbocycles. The number of aliphatic carboxylic acids is 1. The average molecular weight is 611 g/mol. The number of aliphatic hydroxyl groups is 1. The van der Waals surface area contributed by atoms with Crippen LogP contribution in [0.4, 0.5) is 0 Å². The maximum absolute atomic E-state index is 12.3. The smallest absolute Gasteiger partial charge is 0.335 e. The molecule has 0 aliphatic rings. The second-order valence-corrected chi connectivity index (χ2v) is 13.3. The van der Waals surface area contributed by atoms with E-state index in [2.05, 4.69) is 13.8 Å². The number of carboxylic acid groups (broad SMARTS) is 1. The monoisotopic (exact) mass is 611 g/mol. The standard InChI is InChI=1S/C38H74O5/c1-3-5-7-9-11-13-15-17-19-21-23-25-27-29-31-33-35(43-38(42)36(39)34-37(40)41)32-30-28-26-24-22-20-18-16-14-12-10-8-6-4-2/h35-36,39H,3-34H2,1-2H3,(H,40,41). The van der Waals surface area contributed by atoms with E-state index in [0.29, 0.717) is 0 Å². The van der Waals surface area contributed by atoms with E-state index in [4.69, 9.17) is 9.84 Å². The summed E-state index contributed by atoms with van der Waals surface area (Å²) < 4.78 is 5.59. The van der Waals surface area contributed by atoms with E-state index in [0.717, 1.165) is 38.5 Å². The molecule has 0 heterocycles. The van der Waals surface area contributed by atoms with E-state index >= 15 is 0 Å². The van der Waals surface area contributed by atoms with Crippen molar-refractivity contribution >= 4 is 11.9 Å². The molecule has 0 aromatic heterocycles. The molecule has 0 spiro atoms. The summed E-state index contributed by atoms with van der Waals surface area (Å²) in [6.45, 7) is 4.54. The average Bonchev–Trinajstić information content (AvgIpc) is 2.98. The largest absolute Gasteiger partial charge is 0.481 e. The van der Waals surface area contributed by atoms with Crippen LogP contribution in [-0.2, 0) is 14.3 Å². The van der Waals surface area contributed by atoms with E-state index in [-0.39, 0.29) is 6.10 Å². The third-order valence-electron chi connectivity index (χ3n) is 8.93. The van der Waals surface area contributed by atoms with Crippen LogP contribution in [0.3, 0.4) is 0 Å². The molecule has 256 valence electrons. The SMILES string of the molecule is CCCCCCCCCCCCCCCCCC(CCCCCCCCCCCCCCCC)OC(=O)C(O)CC(=O)O. The Balaban J connectivity index is 3.95. The molecule has 0 aromatic rings. The molecule has 0 aliphatic carbocycles. The van der Waals surface area contributed by atoms with Gasteiger partial charge >= 0.3 is 11.9 Å². The number of carbonyl (C=O) groups is 2. The molecule has 0 bridgehead atoms. The predicted molar refractivity (Wildman–Crippen MR) is 183 cm³/mol. The first-order valence-corrected chi connectivity index (χ1v) is 19.1. The topological polar surface area (TPSA) is 83.8 Å². The minimum Gasteiger partial charge on any atom is -0.481 e. The maximum Gasteiger partial charge on any atom is 0.335 e. The van der Waals surface area contributed by atoms with Crippen molar-refractivity contribution in [1.82, 2.24) is 0 Å². The summed E-state index contributed by atoms with van der Waals surface area (Å²) in [6, 6.07) is 0. The first kappa shape index (κ1) is 41.9. The molecule has 0 aliphatic heterocycles. The van der Waals surface area contributed by atoms with Crippen LogP contribution in [0, 0.1) is 0 Å². The molecule has 0 amide bonds. The predicted octanol–water partition coefficient (Wildman–Crippen LogP) is 11.9. The van der Waals surface area contributed by atoms with Crippen molar-refractivity contribution in [2.45, 2.75) is 232 Å². The van der Waals surface area contributed by atoms with Crippen molar-refractivity contribution in [3.05, 3.63) is 0 Å². The van der Waals surface area contributed by atoms with Gasteiger partial charge in [0.15, 0.2) is 6.10 Å². The Morgan fingerprint density at radius 3 is 0.977 bits per heavy atom. The van der Waals surface area contributed by atoms with Gasteiger partial charge in [0.05, 0.1) is 6.42 Å². The lowest BCUT2D eigenvalue weighted by molar-refractivity contribution is -0.163. The summed E-state index contributed by atoms with van der Waals surface area (Å²) >= 11 is 0. The van der Waals surface area contributed by atoms with E-state index in [1.807, 2.05) is 0 Å². The first-order valence-electron chi connectivity index (χ1n) is 19.1. The highest BCUT2D eigenvalue weighted by Crippen LogP contribution is 2.19. The highest BCUT2D eigenvalue weighted by Gasteiger charge is 2.23. The molecule has 0 radical (unpaired) electrons. The van der Waals surface area contributed by atoms with Crippen LogP contribution in [0.2, 0.25) is 0 Å². The summed E-state index contributed by atoms with van der Waals surface area (Å²) in [5.74, 6) is -1.96. The van der Waals surface area contributed by atoms with Crippen LogP contribution in [0.25, 0.3) is 0 Å². The Labute approximate surface area is 267 Å². The lowest BCUT2D eigenvalue weighted by Gasteiger charge is -2.19. The molecule has 5 heteroatoms. The zero-order valence-electron chi connectivity index (χ0n) is 28.9. The van der Waals surface area contributed by atoms with E-state index in [9.17, 15) is 14.7 Å². The number of carboxylic acids is 1. The van der Waals surface area contributed by atoms with E-state index < -0.39 is 24.5 Å². The third kappa shape index (κ3) is 32.1. The number of ether oxygens (including phenoxy) is 1. The van der Waals surface area contributed by atoms with Crippen molar-refractivity contribution in [2.24, 2.45) is 0 Å². The van der Waals surface area contributed by atoms with Crippen molar-refractivity contribution in [3.63, 3.8) is 0 Å². The van der Waals surface area contributed by atoms with E-state index in [1.54, 1.807) is 0 Å². The van der Waals surface area contributed by atoms with Crippen molar-refractivity contribution in [2.75, 3.05) is 0 Å². The number of hydrogen-bond donors (Lipinski definition) is 2. The van der Waals surface area contributed by atoms with Gasteiger partial charge in [-0.25, -0.2) is 4.79 Å². The van der Waals surface area contributed by atoms with Crippen LogP contribution in [0.1, 0.15) is 219 Å². The molecular formula is C38H74O5. The summed E-state index contributed by atoms with van der Waals surface area (Å²) in [4.78, 5) is 23.1. The third-order valence-corrected chi connectivity index (χ3v) is 8.93. The lowest BCUT2D eigenvalue weighted by atomic mass is 10.0. The molecule has 2 atom stereocenters. The minimum absolute atomic E-state index is 0.213. The Bertz CT molecular complexity index is 593. The van der Waals surface area contributed by atoms with Gasteiger partial charge in [0.1, 0.15) is 6.10 Å². The van der Waals surface area contributed by atoms with Crippen LogP contribution in [0.5, 0.6) is 0 Å². The summed E-state index contributed by atoms with van der Waals surface area (Å²) in [6.07, 6.45) is 37.4. The molecule has 2 unspecified atom stereocenters. The van der Waals surface area contributed by atoms with Crippen molar-refractivity contribution < 1.29 is 24.5 Å². The molecule has 0 saturated heterocycles. The molecule has 5 nitrogen and oxygen atoms in total. The highest BCUT2D eigenvalue weighted by molar-refractivity contribution is 5.80. The van der Waals surface area contributed by atoms with Crippen molar-refractivity contribution in [3.8, 4) is 0 Å². The Morgan fingerprint density at radius 1 is 0.465 bits per heavy atom. The number of aliphatic hydroxyl groups excluding tert-OH is 1. The summed E-state index contributed by atoms with van der Waals surface area (Å²) in [5.41, 5.74) is 0. The van der Waals surface area contributed by atoms with Gasteiger partial charge in [-0.3, -0.25) is 4.79 Å². The number of hydrogen-bond acceptors (Lipinski definition) is 4. The Kier molecular flexibility index (Phi) is 32.9. The van der Waals surface area contributed by atoms with Crippen LogP contribution in [0.15, 0.2) is 0 Å². The highest BCUT2D eigenvalue weighted by atomic mass is 16.6. The summed E-state index contributed by atoms with van der Waals surface area (Å²) in [7, 11) is 0. The maximum atomic E-state index is 12.3. The first-order chi connectivity index (χ1) is 21.0. The molecule has 2 N–H and O–H groups in total.